The Labute approximate surface area is 78.3 Å². The van der Waals surface area contributed by atoms with Gasteiger partial charge in [0, 0.05) is 0 Å². The fourth-order valence-corrected chi connectivity index (χ4v) is 2.80. The molecule has 2 saturated carbocycles. The summed E-state index contributed by atoms with van der Waals surface area (Å²) >= 11 is 0. The van der Waals surface area contributed by atoms with Gasteiger partial charge >= 0.3 is 5.97 Å². The van der Waals surface area contributed by atoms with Gasteiger partial charge in [-0.05, 0) is 49.5 Å². The summed E-state index contributed by atoms with van der Waals surface area (Å²) in [6, 6.07) is 0. The van der Waals surface area contributed by atoms with Gasteiger partial charge in [0.05, 0.1) is 6.42 Å². The molecule has 0 saturated heterocycles. The number of rotatable bonds is 3. The van der Waals surface area contributed by atoms with Crippen molar-refractivity contribution in [2.75, 3.05) is 6.54 Å². The van der Waals surface area contributed by atoms with Gasteiger partial charge in [-0.3, -0.25) is 4.79 Å². The average Bonchev–Trinajstić information content (AvgIpc) is 2.81. The van der Waals surface area contributed by atoms with Crippen LogP contribution in [0.1, 0.15) is 32.1 Å². The van der Waals surface area contributed by atoms with Crippen LogP contribution in [0, 0.1) is 17.3 Å². The number of carboxylic acids is 1. The Morgan fingerprint density at radius 1 is 1.54 bits per heavy atom. The van der Waals surface area contributed by atoms with Crippen molar-refractivity contribution in [3.63, 3.8) is 0 Å². The van der Waals surface area contributed by atoms with Crippen LogP contribution in [0.5, 0.6) is 0 Å². The SMILES string of the molecule is NCC1(CC(=O)O)CC[C@H]2C[C@@H]2C1. The van der Waals surface area contributed by atoms with E-state index in [1.165, 1.54) is 12.8 Å². The highest BCUT2D eigenvalue weighted by Gasteiger charge is 2.48. The fourth-order valence-electron chi connectivity index (χ4n) is 2.80. The van der Waals surface area contributed by atoms with Crippen molar-refractivity contribution >= 4 is 5.97 Å². The molecule has 0 heterocycles. The number of hydrogen-bond acceptors (Lipinski definition) is 2. The Bertz CT molecular complexity index is 229. The van der Waals surface area contributed by atoms with Crippen LogP contribution in [0.3, 0.4) is 0 Å². The van der Waals surface area contributed by atoms with Crippen LogP contribution >= 0.6 is 0 Å². The normalized spacial score (nSPS) is 42.5. The lowest BCUT2D eigenvalue weighted by atomic mass is 9.72. The Hall–Kier alpha value is -0.570. The molecule has 0 bridgehead atoms. The van der Waals surface area contributed by atoms with Gasteiger partial charge in [-0.25, -0.2) is 0 Å². The van der Waals surface area contributed by atoms with Gasteiger partial charge in [-0.15, -0.1) is 0 Å². The summed E-state index contributed by atoms with van der Waals surface area (Å²) in [4.78, 5) is 10.7. The van der Waals surface area contributed by atoms with Crippen molar-refractivity contribution in [1.82, 2.24) is 0 Å². The monoisotopic (exact) mass is 183 g/mol. The number of hydrogen-bond donors (Lipinski definition) is 2. The highest BCUT2D eigenvalue weighted by Crippen LogP contribution is 2.56. The van der Waals surface area contributed by atoms with E-state index in [0.29, 0.717) is 6.54 Å². The zero-order valence-corrected chi connectivity index (χ0v) is 7.83. The van der Waals surface area contributed by atoms with Crippen molar-refractivity contribution in [2.24, 2.45) is 23.0 Å². The minimum absolute atomic E-state index is 0.0660. The van der Waals surface area contributed by atoms with Gasteiger partial charge in [-0.2, -0.15) is 0 Å². The van der Waals surface area contributed by atoms with Gasteiger partial charge in [-0.1, -0.05) is 0 Å². The Morgan fingerprint density at radius 3 is 2.85 bits per heavy atom. The second kappa shape index (κ2) is 2.98. The van der Waals surface area contributed by atoms with E-state index in [0.717, 1.165) is 24.7 Å². The molecule has 2 aliphatic rings. The molecule has 3 N–H and O–H groups in total. The van der Waals surface area contributed by atoms with Crippen molar-refractivity contribution < 1.29 is 9.90 Å². The lowest BCUT2D eigenvalue weighted by Gasteiger charge is -2.34. The van der Waals surface area contributed by atoms with Crippen molar-refractivity contribution in [2.45, 2.75) is 32.1 Å². The lowest BCUT2D eigenvalue weighted by molar-refractivity contribution is -0.140. The molecular weight excluding hydrogens is 166 g/mol. The van der Waals surface area contributed by atoms with Crippen molar-refractivity contribution in [3.8, 4) is 0 Å². The standard InChI is InChI=1S/C10H17NO2/c11-6-10(5-9(12)13)2-1-7-3-8(7)4-10/h7-8H,1-6,11H2,(H,12,13)/t7-,8+,10?/m0/s1. The van der Waals surface area contributed by atoms with E-state index >= 15 is 0 Å². The zero-order valence-electron chi connectivity index (χ0n) is 7.83. The van der Waals surface area contributed by atoms with Crippen LogP contribution in [-0.2, 0) is 4.79 Å². The molecule has 3 atom stereocenters. The second-order valence-electron chi connectivity index (χ2n) is 4.77. The highest BCUT2D eigenvalue weighted by atomic mass is 16.4. The Kier molecular flexibility index (Phi) is 2.06. The average molecular weight is 183 g/mol. The summed E-state index contributed by atoms with van der Waals surface area (Å²) in [7, 11) is 0. The smallest absolute Gasteiger partial charge is 0.303 e. The van der Waals surface area contributed by atoms with E-state index in [1.807, 2.05) is 0 Å². The zero-order chi connectivity index (χ0) is 9.47. The first-order valence-corrected chi connectivity index (χ1v) is 5.07. The third-order valence-corrected chi connectivity index (χ3v) is 3.77. The van der Waals surface area contributed by atoms with Crippen LogP contribution < -0.4 is 5.73 Å². The van der Waals surface area contributed by atoms with Crippen LogP contribution in [0.15, 0.2) is 0 Å². The van der Waals surface area contributed by atoms with E-state index in [4.69, 9.17) is 10.8 Å². The van der Waals surface area contributed by atoms with E-state index in [2.05, 4.69) is 0 Å². The topological polar surface area (TPSA) is 63.3 Å². The maximum absolute atomic E-state index is 10.7. The molecule has 3 nitrogen and oxygen atoms in total. The lowest BCUT2D eigenvalue weighted by Crippen LogP contribution is -2.35. The molecule has 0 spiro atoms. The molecule has 0 aromatic carbocycles. The number of nitrogens with two attached hydrogens (primary N) is 1. The number of aliphatic carboxylic acids is 1. The van der Waals surface area contributed by atoms with E-state index < -0.39 is 5.97 Å². The minimum atomic E-state index is -0.690. The summed E-state index contributed by atoms with van der Waals surface area (Å²) in [6.07, 6.45) is 4.88. The maximum atomic E-state index is 10.7. The first kappa shape index (κ1) is 9.00. The highest BCUT2D eigenvalue weighted by molar-refractivity contribution is 5.67. The minimum Gasteiger partial charge on any atom is -0.481 e. The van der Waals surface area contributed by atoms with Crippen molar-refractivity contribution in [1.29, 1.82) is 0 Å². The summed E-state index contributed by atoms with van der Waals surface area (Å²) in [5.74, 6) is 1.02. The van der Waals surface area contributed by atoms with E-state index in [1.54, 1.807) is 0 Å². The van der Waals surface area contributed by atoms with E-state index in [9.17, 15) is 4.79 Å². The molecule has 74 valence electrons. The van der Waals surface area contributed by atoms with Gasteiger partial charge in [0.25, 0.3) is 0 Å². The second-order valence-corrected chi connectivity index (χ2v) is 4.77. The van der Waals surface area contributed by atoms with Crippen molar-refractivity contribution in [3.05, 3.63) is 0 Å². The summed E-state index contributed by atoms with van der Waals surface area (Å²) in [5.41, 5.74) is 5.64. The third kappa shape index (κ3) is 1.70. The summed E-state index contributed by atoms with van der Waals surface area (Å²) in [5, 5.41) is 8.81. The van der Waals surface area contributed by atoms with Crippen LogP contribution in [0.25, 0.3) is 0 Å². The molecule has 0 amide bonds. The number of carbonyl (C=O) groups is 1. The summed E-state index contributed by atoms with van der Waals surface area (Å²) < 4.78 is 0. The molecule has 2 fully saturated rings. The van der Waals surface area contributed by atoms with Gasteiger partial charge in [0.2, 0.25) is 0 Å². The Morgan fingerprint density at radius 2 is 2.31 bits per heavy atom. The predicted molar refractivity (Wildman–Crippen MR) is 49.2 cm³/mol. The fraction of sp³-hybridized carbons (Fsp3) is 0.900. The van der Waals surface area contributed by atoms with Gasteiger partial charge in [0.15, 0.2) is 0 Å². The third-order valence-electron chi connectivity index (χ3n) is 3.77. The van der Waals surface area contributed by atoms with Crippen LogP contribution in [0.2, 0.25) is 0 Å². The van der Waals surface area contributed by atoms with E-state index in [-0.39, 0.29) is 11.8 Å². The van der Waals surface area contributed by atoms with Crippen LogP contribution in [-0.4, -0.2) is 17.6 Å². The first-order valence-electron chi connectivity index (χ1n) is 5.07. The largest absolute Gasteiger partial charge is 0.481 e. The Balaban J connectivity index is 2.01. The first-order chi connectivity index (χ1) is 6.15. The molecule has 13 heavy (non-hydrogen) atoms. The molecular formula is C10H17NO2. The van der Waals surface area contributed by atoms with Gasteiger partial charge < -0.3 is 10.8 Å². The summed E-state index contributed by atoms with van der Waals surface area (Å²) in [6.45, 7) is 0.544. The predicted octanol–water partition coefficient (Wildman–Crippen LogP) is 1.23. The number of fused-ring (bicyclic) bond motifs is 1. The molecule has 2 aliphatic carbocycles. The van der Waals surface area contributed by atoms with Gasteiger partial charge in [0.1, 0.15) is 0 Å². The maximum Gasteiger partial charge on any atom is 0.303 e. The quantitative estimate of drug-likeness (QED) is 0.691. The molecule has 1 unspecified atom stereocenters. The molecule has 2 rings (SSSR count). The molecule has 0 aromatic heterocycles. The molecule has 0 aromatic rings. The molecule has 0 aliphatic heterocycles. The molecule has 3 heteroatoms. The number of carboxylic acid groups (broad SMARTS) is 1. The van der Waals surface area contributed by atoms with Crippen LogP contribution in [0.4, 0.5) is 0 Å². The molecule has 0 radical (unpaired) electrons.